The predicted octanol–water partition coefficient (Wildman–Crippen LogP) is 5.33. The van der Waals surface area contributed by atoms with Gasteiger partial charge in [-0.15, -0.1) is 0 Å². The molecular formula is C31H35F3N5O2+. The first kappa shape index (κ1) is 26.6. The SMILES string of the molecule is Cn1cn[n+](-c2c(N3Cc4c(cc(CNC5(C)CCC5)cc4C(F)(F)F)C3=O)cccc2[C@H]2C[C@]3(CCCO3)C2)c1. The summed E-state index contributed by atoms with van der Waals surface area (Å²) in [5.41, 5.74) is 2.10. The fourth-order valence-corrected chi connectivity index (χ4v) is 7.18. The van der Waals surface area contributed by atoms with Crippen molar-refractivity contribution in [2.24, 2.45) is 7.05 Å². The van der Waals surface area contributed by atoms with Crippen molar-refractivity contribution in [3.8, 4) is 5.69 Å². The molecule has 10 heteroatoms. The second-order valence-corrected chi connectivity index (χ2v) is 12.6. The topological polar surface area (TPSA) is 63.3 Å². The van der Waals surface area contributed by atoms with Crippen LogP contribution in [0.15, 0.2) is 43.0 Å². The van der Waals surface area contributed by atoms with Crippen LogP contribution in [0.2, 0.25) is 0 Å². The van der Waals surface area contributed by atoms with E-state index >= 15 is 0 Å². The number of carbonyl (C=O) groups is 1. The van der Waals surface area contributed by atoms with E-state index in [1.165, 1.54) is 11.0 Å². The van der Waals surface area contributed by atoms with Gasteiger partial charge < -0.3 is 10.1 Å². The Morgan fingerprint density at radius 1 is 1.17 bits per heavy atom. The summed E-state index contributed by atoms with van der Waals surface area (Å²) < 4.78 is 52.7. The summed E-state index contributed by atoms with van der Waals surface area (Å²) in [5.74, 6) is -0.199. The molecule has 1 N–H and O–H groups in total. The molecule has 2 aromatic carbocycles. The normalized spacial score (nSPS) is 25.0. The standard InChI is InChI=1S/C31H35F3N5O2/c1-29(8-4-9-29)35-16-20-12-23-24(25(13-20)31(32,33)34)17-38(28(23)40)26-7-3-6-22(27(26)39-19-37(2)18-36-39)21-14-30(15-21)10-5-11-41-30/h3,6-7,12-13,18-19,21,35H,4-5,8-11,14-17H2,1-2H3/q+1/t21-,30+. The number of carbonyl (C=O) groups excluding carboxylic acids is 1. The second kappa shape index (κ2) is 9.39. The van der Waals surface area contributed by atoms with Crippen LogP contribution in [0.1, 0.15) is 90.4 Å². The third-order valence-corrected chi connectivity index (χ3v) is 9.66. The van der Waals surface area contributed by atoms with Crippen molar-refractivity contribution in [3.63, 3.8) is 0 Å². The van der Waals surface area contributed by atoms with Crippen molar-refractivity contribution in [1.29, 1.82) is 0 Å². The van der Waals surface area contributed by atoms with Gasteiger partial charge in [0.15, 0.2) is 5.69 Å². The number of anilines is 1. The molecule has 216 valence electrons. The summed E-state index contributed by atoms with van der Waals surface area (Å²) in [5, 5.41) is 7.95. The van der Waals surface area contributed by atoms with Gasteiger partial charge in [-0.05, 0) is 92.2 Å². The number of ether oxygens (including phenoxy) is 1. The van der Waals surface area contributed by atoms with E-state index in [1.54, 1.807) is 17.1 Å². The van der Waals surface area contributed by atoms with Gasteiger partial charge in [-0.25, -0.2) is 4.57 Å². The number of hydrogen-bond acceptors (Lipinski definition) is 4. The first-order chi connectivity index (χ1) is 19.5. The van der Waals surface area contributed by atoms with Gasteiger partial charge >= 0.3 is 6.18 Å². The maximum absolute atomic E-state index is 14.4. The van der Waals surface area contributed by atoms with Crippen molar-refractivity contribution in [2.75, 3.05) is 11.5 Å². The minimum atomic E-state index is -4.57. The number of alkyl halides is 3. The molecule has 0 atom stereocenters. The third-order valence-electron chi connectivity index (χ3n) is 9.66. The Morgan fingerprint density at radius 2 is 1.98 bits per heavy atom. The highest BCUT2D eigenvalue weighted by Crippen LogP contribution is 2.53. The van der Waals surface area contributed by atoms with Gasteiger partial charge in [-0.1, -0.05) is 16.8 Å². The highest BCUT2D eigenvalue weighted by Gasteiger charge is 2.49. The molecule has 41 heavy (non-hydrogen) atoms. The van der Waals surface area contributed by atoms with Gasteiger partial charge in [0.1, 0.15) is 0 Å². The van der Waals surface area contributed by atoms with Crippen LogP contribution < -0.4 is 14.9 Å². The molecule has 1 spiro atoms. The number of rotatable bonds is 6. The number of para-hydroxylation sites is 1. The first-order valence-electron chi connectivity index (χ1n) is 14.5. The Labute approximate surface area is 237 Å². The predicted molar refractivity (Wildman–Crippen MR) is 146 cm³/mol. The summed E-state index contributed by atoms with van der Waals surface area (Å²) in [6.45, 7) is 3.02. The fourth-order valence-electron chi connectivity index (χ4n) is 7.18. The second-order valence-electron chi connectivity index (χ2n) is 12.6. The van der Waals surface area contributed by atoms with E-state index in [-0.39, 0.29) is 41.3 Å². The molecule has 1 amide bonds. The number of aromatic nitrogens is 3. The Hall–Kier alpha value is -3.24. The van der Waals surface area contributed by atoms with Crippen LogP contribution in [0.5, 0.6) is 0 Å². The van der Waals surface area contributed by atoms with Crippen molar-refractivity contribution >= 4 is 11.6 Å². The smallest absolute Gasteiger partial charge is 0.375 e. The Balaban J connectivity index is 1.27. The van der Waals surface area contributed by atoms with Crippen molar-refractivity contribution in [3.05, 3.63) is 70.8 Å². The first-order valence-corrected chi connectivity index (χ1v) is 14.5. The summed E-state index contributed by atoms with van der Waals surface area (Å²) in [6.07, 6.45) is 5.91. The molecule has 4 aliphatic rings. The molecule has 3 fully saturated rings. The van der Waals surface area contributed by atoms with Crippen LogP contribution in [-0.2, 0) is 31.1 Å². The van der Waals surface area contributed by atoms with E-state index in [1.807, 2.05) is 36.1 Å². The fraction of sp³-hybridized carbons (Fsp3) is 0.516. The van der Waals surface area contributed by atoms with Crippen LogP contribution in [-0.4, -0.2) is 33.3 Å². The molecule has 3 heterocycles. The highest BCUT2D eigenvalue weighted by atomic mass is 19.4. The lowest BCUT2D eigenvalue weighted by Crippen LogP contribution is -2.47. The Morgan fingerprint density at radius 3 is 2.61 bits per heavy atom. The maximum Gasteiger partial charge on any atom is 0.416 e. The van der Waals surface area contributed by atoms with Crippen molar-refractivity contribution in [2.45, 2.75) is 88.2 Å². The lowest BCUT2D eigenvalue weighted by molar-refractivity contribution is -0.657. The maximum atomic E-state index is 14.4. The Kier molecular flexibility index (Phi) is 6.10. The van der Waals surface area contributed by atoms with Crippen LogP contribution in [0, 0.1) is 0 Å². The molecule has 0 radical (unpaired) electrons. The molecule has 7 rings (SSSR count). The van der Waals surface area contributed by atoms with E-state index in [2.05, 4.69) is 17.3 Å². The minimum Gasteiger partial charge on any atom is -0.375 e. The summed E-state index contributed by atoms with van der Waals surface area (Å²) in [6, 6.07) is 8.62. The van der Waals surface area contributed by atoms with E-state index in [9.17, 15) is 18.0 Å². The molecule has 7 nitrogen and oxygen atoms in total. The summed E-state index contributed by atoms with van der Waals surface area (Å²) in [4.78, 5) is 15.4. The number of benzene rings is 2. The molecule has 2 aliphatic carbocycles. The minimum absolute atomic E-state index is 0.0328. The van der Waals surface area contributed by atoms with Crippen LogP contribution >= 0.6 is 0 Å². The highest BCUT2D eigenvalue weighted by molar-refractivity contribution is 6.11. The van der Waals surface area contributed by atoms with E-state index in [0.717, 1.165) is 62.8 Å². The molecule has 1 aromatic heterocycles. The lowest BCUT2D eigenvalue weighted by Gasteiger charge is -2.44. The quantitative estimate of drug-likeness (QED) is 0.410. The van der Waals surface area contributed by atoms with Gasteiger partial charge in [0.25, 0.3) is 12.2 Å². The molecule has 2 aliphatic heterocycles. The lowest BCUT2D eigenvalue weighted by atomic mass is 9.66. The molecule has 0 bridgehead atoms. The molecule has 1 saturated heterocycles. The monoisotopic (exact) mass is 566 g/mol. The number of amides is 1. The van der Waals surface area contributed by atoms with E-state index < -0.39 is 17.6 Å². The molecule has 2 saturated carbocycles. The average molecular weight is 567 g/mol. The third kappa shape index (κ3) is 4.55. The number of fused-ring (bicyclic) bond motifs is 1. The molecular weight excluding hydrogens is 531 g/mol. The summed E-state index contributed by atoms with van der Waals surface area (Å²) in [7, 11) is 1.86. The number of halogens is 3. The van der Waals surface area contributed by atoms with Gasteiger partial charge in [0, 0.05) is 29.8 Å². The van der Waals surface area contributed by atoms with Crippen LogP contribution in [0.25, 0.3) is 5.69 Å². The molecule has 0 unspecified atom stereocenters. The van der Waals surface area contributed by atoms with Crippen LogP contribution in [0.4, 0.5) is 18.9 Å². The number of nitrogens with one attached hydrogen (secondary N) is 1. The number of hydrogen-bond donors (Lipinski definition) is 1. The van der Waals surface area contributed by atoms with Crippen LogP contribution in [0.3, 0.4) is 0 Å². The Bertz CT molecular complexity index is 1510. The van der Waals surface area contributed by atoms with Gasteiger partial charge in [0.05, 0.1) is 30.4 Å². The van der Waals surface area contributed by atoms with Crippen molar-refractivity contribution < 1.29 is 27.4 Å². The summed E-state index contributed by atoms with van der Waals surface area (Å²) >= 11 is 0. The van der Waals surface area contributed by atoms with Gasteiger partial charge in [-0.2, -0.15) is 13.2 Å². The zero-order valence-electron chi connectivity index (χ0n) is 23.4. The number of nitrogens with zero attached hydrogens (tertiary/aromatic N) is 4. The van der Waals surface area contributed by atoms with Gasteiger partial charge in [-0.3, -0.25) is 9.69 Å². The van der Waals surface area contributed by atoms with E-state index in [0.29, 0.717) is 11.3 Å². The average Bonchev–Trinajstić information content (AvgIpc) is 3.63. The van der Waals surface area contributed by atoms with Crippen molar-refractivity contribution in [1.82, 2.24) is 15.0 Å². The zero-order chi connectivity index (χ0) is 28.6. The largest absolute Gasteiger partial charge is 0.416 e. The van der Waals surface area contributed by atoms with Gasteiger partial charge in [0.2, 0.25) is 6.33 Å². The zero-order valence-corrected chi connectivity index (χ0v) is 23.4. The van der Waals surface area contributed by atoms with E-state index in [4.69, 9.17) is 4.74 Å². The molecule has 3 aromatic rings. The number of aryl methyl sites for hydroxylation is 1.